The standard InChI is InChI=1S/C6H7NOS/c1-3-5-4-7-6(8-2)9-5/h3-4H,1H2,2H3. The monoisotopic (exact) mass is 141 g/mol. The minimum Gasteiger partial charge on any atom is -0.473 e. The Bertz CT molecular complexity index is 207. The first-order valence-electron chi connectivity index (χ1n) is 2.49. The molecule has 0 radical (unpaired) electrons. The summed E-state index contributed by atoms with van der Waals surface area (Å²) in [5.74, 6) is 0. The van der Waals surface area contributed by atoms with Crippen molar-refractivity contribution in [2.75, 3.05) is 7.11 Å². The third-order valence-electron chi connectivity index (χ3n) is 0.878. The molecule has 0 aliphatic carbocycles. The van der Waals surface area contributed by atoms with Crippen molar-refractivity contribution in [3.05, 3.63) is 17.7 Å². The van der Waals surface area contributed by atoms with E-state index in [0.717, 1.165) is 4.88 Å². The summed E-state index contributed by atoms with van der Waals surface area (Å²) in [7, 11) is 1.60. The molecule has 0 aliphatic rings. The average Bonchev–Trinajstić information content (AvgIpc) is 2.34. The zero-order valence-electron chi connectivity index (χ0n) is 5.13. The van der Waals surface area contributed by atoms with E-state index in [4.69, 9.17) is 4.74 Å². The molecule has 0 bridgehead atoms. The molecule has 1 aromatic heterocycles. The Labute approximate surface area is 57.8 Å². The zero-order chi connectivity index (χ0) is 6.69. The first-order chi connectivity index (χ1) is 4.36. The Morgan fingerprint density at radius 1 is 1.89 bits per heavy atom. The third kappa shape index (κ3) is 1.29. The molecule has 0 saturated heterocycles. The molecule has 0 amide bonds. The number of hydrogen-bond acceptors (Lipinski definition) is 3. The highest BCUT2D eigenvalue weighted by Crippen LogP contribution is 2.19. The van der Waals surface area contributed by atoms with Crippen molar-refractivity contribution in [1.29, 1.82) is 0 Å². The first-order valence-corrected chi connectivity index (χ1v) is 3.30. The molecule has 48 valence electrons. The maximum atomic E-state index is 4.86. The van der Waals surface area contributed by atoms with Crippen LogP contribution in [-0.4, -0.2) is 12.1 Å². The van der Waals surface area contributed by atoms with Gasteiger partial charge in [0.05, 0.1) is 12.0 Å². The van der Waals surface area contributed by atoms with E-state index in [1.165, 1.54) is 11.3 Å². The van der Waals surface area contributed by atoms with E-state index in [9.17, 15) is 0 Å². The molecule has 9 heavy (non-hydrogen) atoms. The summed E-state index contributed by atoms with van der Waals surface area (Å²) in [5, 5.41) is 0.685. The minimum atomic E-state index is 0.685. The highest BCUT2D eigenvalue weighted by atomic mass is 32.1. The van der Waals surface area contributed by atoms with Crippen molar-refractivity contribution in [3.8, 4) is 5.19 Å². The molecule has 0 saturated carbocycles. The van der Waals surface area contributed by atoms with E-state index in [-0.39, 0.29) is 0 Å². The Morgan fingerprint density at radius 2 is 2.67 bits per heavy atom. The molecule has 0 N–H and O–H groups in total. The van der Waals surface area contributed by atoms with Crippen LogP contribution in [0.25, 0.3) is 6.08 Å². The number of aromatic nitrogens is 1. The molecule has 0 fully saturated rings. The van der Waals surface area contributed by atoms with Crippen LogP contribution in [0.1, 0.15) is 4.88 Å². The summed E-state index contributed by atoms with van der Waals surface area (Å²) >= 11 is 1.48. The van der Waals surface area contributed by atoms with Crippen molar-refractivity contribution in [3.63, 3.8) is 0 Å². The van der Waals surface area contributed by atoms with Crippen molar-refractivity contribution in [2.24, 2.45) is 0 Å². The van der Waals surface area contributed by atoms with Crippen LogP contribution < -0.4 is 4.74 Å². The van der Waals surface area contributed by atoms with E-state index in [2.05, 4.69) is 11.6 Å². The normalized spacial score (nSPS) is 9.00. The fourth-order valence-electron chi connectivity index (χ4n) is 0.459. The fraction of sp³-hybridized carbons (Fsp3) is 0.167. The maximum absolute atomic E-state index is 4.86. The minimum absolute atomic E-state index is 0.685. The number of thiazole rings is 1. The molecule has 1 rings (SSSR count). The molecule has 0 spiro atoms. The van der Waals surface area contributed by atoms with Gasteiger partial charge in [-0.25, -0.2) is 4.98 Å². The summed E-state index contributed by atoms with van der Waals surface area (Å²) in [5.41, 5.74) is 0. The predicted molar refractivity (Wildman–Crippen MR) is 38.8 cm³/mol. The van der Waals surface area contributed by atoms with Crippen molar-refractivity contribution in [2.45, 2.75) is 0 Å². The van der Waals surface area contributed by atoms with Gasteiger partial charge in [-0.05, 0) is 0 Å². The highest BCUT2D eigenvalue weighted by molar-refractivity contribution is 7.14. The molecular weight excluding hydrogens is 134 g/mol. The van der Waals surface area contributed by atoms with E-state index in [0.29, 0.717) is 5.19 Å². The van der Waals surface area contributed by atoms with E-state index < -0.39 is 0 Å². The second-order valence-electron chi connectivity index (χ2n) is 1.44. The predicted octanol–water partition coefficient (Wildman–Crippen LogP) is 1.79. The quantitative estimate of drug-likeness (QED) is 0.626. The van der Waals surface area contributed by atoms with Crippen LogP contribution in [0.4, 0.5) is 0 Å². The van der Waals surface area contributed by atoms with Gasteiger partial charge in [-0.3, -0.25) is 0 Å². The molecule has 0 unspecified atom stereocenters. The lowest BCUT2D eigenvalue weighted by Gasteiger charge is -1.85. The van der Waals surface area contributed by atoms with Gasteiger partial charge in [0.25, 0.3) is 5.19 Å². The lowest BCUT2D eigenvalue weighted by Crippen LogP contribution is -1.76. The molecule has 0 aliphatic heterocycles. The average molecular weight is 141 g/mol. The van der Waals surface area contributed by atoms with Crippen LogP contribution in [0.5, 0.6) is 5.19 Å². The highest BCUT2D eigenvalue weighted by Gasteiger charge is 1.94. The van der Waals surface area contributed by atoms with Gasteiger partial charge in [-0.2, -0.15) is 0 Å². The van der Waals surface area contributed by atoms with Crippen LogP contribution in [-0.2, 0) is 0 Å². The molecule has 0 aromatic carbocycles. The number of methoxy groups -OCH3 is 1. The van der Waals surface area contributed by atoms with Gasteiger partial charge >= 0.3 is 0 Å². The van der Waals surface area contributed by atoms with Crippen LogP contribution in [0.2, 0.25) is 0 Å². The number of nitrogens with zero attached hydrogens (tertiary/aromatic N) is 1. The maximum Gasteiger partial charge on any atom is 0.273 e. The van der Waals surface area contributed by atoms with Gasteiger partial charge in [-0.1, -0.05) is 24.0 Å². The summed E-state index contributed by atoms with van der Waals surface area (Å²) in [6.45, 7) is 3.59. The van der Waals surface area contributed by atoms with Gasteiger partial charge in [0, 0.05) is 6.20 Å². The molecule has 0 atom stereocenters. The summed E-state index contributed by atoms with van der Waals surface area (Å²) in [6, 6.07) is 0. The van der Waals surface area contributed by atoms with E-state index >= 15 is 0 Å². The van der Waals surface area contributed by atoms with Crippen LogP contribution in [0.15, 0.2) is 12.8 Å². The zero-order valence-corrected chi connectivity index (χ0v) is 5.94. The summed E-state index contributed by atoms with van der Waals surface area (Å²) in [4.78, 5) is 4.96. The Balaban J connectivity index is 2.86. The Kier molecular flexibility index (Phi) is 1.85. The molecule has 3 heteroatoms. The number of hydrogen-bond donors (Lipinski definition) is 0. The summed E-state index contributed by atoms with van der Waals surface area (Å²) < 4.78 is 4.86. The van der Waals surface area contributed by atoms with E-state index in [1.54, 1.807) is 19.4 Å². The lowest BCUT2D eigenvalue weighted by atomic mass is 10.6. The largest absolute Gasteiger partial charge is 0.473 e. The second kappa shape index (κ2) is 2.64. The van der Waals surface area contributed by atoms with Gasteiger partial charge < -0.3 is 4.74 Å². The summed E-state index contributed by atoms with van der Waals surface area (Å²) in [6.07, 6.45) is 3.48. The number of ether oxygens (including phenoxy) is 1. The third-order valence-corrected chi connectivity index (χ3v) is 1.83. The van der Waals surface area contributed by atoms with Crippen molar-refractivity contribution in [1.82, 2.24) is 4.98 Å². The van der Waals surface area contributed by atoms with E-state index in [1.807, 2.05) is 0 Å². The van der Waals surface area contributed by atoms with Gasteiger partial charge in [-0.15, -0.1) is 0 Å². The van der Waals surface area contributed by atoms with Crippen LogP contribution in [0.3, 0.4) is 0 Å². The molecule has 1 aromatic rings. The topological polar surface area (TPSA) is 22.1 Å². The van der Waals surface area contributed by atoms with Crippen LogP contribution >= 0.6 is 11.3 Å². The van der Waals surface area contributed by atoms with Crippen molar-refractivity contribution < 1.29 is 4.74 Å². The smallest absolute Gasteiger partial charge is 0.273 e. The first kappa shape index (κ1) is 6.29. The van der Waals surface area contributed by atoms with Gasteiger partial charge in [0.1, 0.15) is 0 Å². The SMILES string of the molecule is C=Cc1cnc(OC)s1. The second-order valence-corrected chi connectivity index (χ2v) is 2.46. The van der Waals surface area contributed by atoms with Crippen LogP contribution in [0, 0.1) is 0 Å². The lowest BCUT2D eigenvalue weighted by molar-refractivity contribution is 0.412. The molecular formula is C6H7NOS. The van der Waals surface area contributed by atoms with Gasteiger partial charge in [0.15, 0.2) is 0 Å². The Morgan fingerprint density at radius 3 is 3.00 bits per heavy atom. The molecule has 1 heterocycles. The number of rotatable bonds is 2. The van der Waals surface area contributed by atoms with Gasteiger partial charge in [0.2, 0.25) is 0 Å². The Hall–Kier alpha value is -0.830. The van der Waals surface area contributed by atoms with Crippen molar-refractivity contribution >= 4 is 17.4 Å². The fourth-order valence-corrected chi connectivity index (χ4v) is 1.04. The molecule has 2 nitrogen and oxygen atoms in total.